The van der Waals surface area contributed by atoms with Crippen molar-refractivity contribution in [3.63, 3.8) is 0 Å². The number of aromatic nitrogens is 3. The number of fused-ring (bicyclic) bond motifs is 1. The van der Waals surface area contributed by atoms with E-state index in [1.807, 2.05) is 12.1 Å². The third-order valence-electron chi connectivity index (χ3n) is 3.96. The van der Waals surface area contributed by atoms with Crippen LogP contribution in [0.2, 0.25) is 5.02 Å². The molecule has 1 N–H and O–H groups in total. The number of halogens is 2. The molecule has 0 radical (unpaired) electrons. The van der Waals surface area contributed by atoms with Crippen molar-refractivity contribution in [1.29, 1.82) is 0 Å². The zero-order valence-electron chi connectivity index (χ0n) is 14.5. The van der Waals surface area contributed by atoms with Crippen LogP contribution in [-0.4, -0.2) is 21.0 Å². The molecule has 2 heterocycles. The van der Waals surface area contributed by atoms with Crippen LogP contribution in [0.25, 0.3) is 21.6 Å². The highest BCUT2D eigenvalue weighted by Crippen LogP contribution is 2.28. The number of amides is 1. The number of anilines is 1. The summed E-state index contributed by atoms with van der Waals surface area (Å²) in [6.45, 7) is 0. The van der Waals surface area contributed by atoms with Gasteiger partial charge in [-0.1, -0.05) is 28.1 Å². The molecule has 0 saturated heterocycles. The molecule has 0 aliphatic heterocycles. The Morgan fingerprint density at radius 2 is 2.00 bits per heavy atom. The Morgan fingerprint density at radius 1 is 1.18 bits per heavy atom. The van der Waals surface area contributed by atoms with Gasteiger partial charge in [0.05, 0.1) is 10.2 Å². The van der Waals surface area contributed by atoms with Crippen LogP contribution in [0.5, 0.6) is 0 Å². The molecule has 142 valence electrons. The summed E-state index contributed by atoms with van der Waals surface area (Å²) in [5.74, 6) is 0.368. The Labute approximate surface area is 168 Å². The third kappa shape index (κ3) is 4.35. The normalized spacial score (nSPS) is 11.1. The Bertz CT molecular complexity index is 1130. The summed E-state index contributed by atoms with van der Waals surface area (Å²) in [5, 5.41) is 7.85. The first-order chi connectivity index (χ1) is 13.6. The lowest BCUT2D eigenvalue weighted by molar-refractivity contribution is -0.116. The van der Waals surface area contributed by atoms with Crippen LogP contribution >= 0.6 is 22.9 Å². The van der Waals surface area contributed by atoms with Gasteiger partial charge in [-0.2, -0.15) is 4.98 Å². The van der Waals surface area contributed by atoms with E-state index < -0.39 is 0 Å². The average Bonchev–Trinajstić information content (AvgIpc) is 3.28. The fourth-order valence-electron chi connectivity index (χ4n) is 2.61. The van der Waals surface area contributed by atoms with E-state index in [1.54, 1.807) is 18.2 Å². The van der Waals surface area contributed by atoms with Crippen LogP contribution in [0.3, 0.4) is 0 Å². The lowest BCUT2D eigenvalue weighted by Crippen LogP contribution is -2.11. The highest BCUT2D eigenvalue weighted by molar-refractivity contribution is 7.22. The number of nitrogens with zero attached hydrogens (tertiary/aromatic N) is 3. The summed E-state index contributed by atoms with van der Waals surface area (Å²) < 4.78 is 19.1. The van der Waals surface area contributed by atoms with Gasteiger partial charge in [0, 0.05) is 23.4 Å². The minimum Gasteiger partial charge on any atom is -0.339 e. The third-order valence-corrected chi connectivity index (χ3v) is 5.13. The summed E-state index contributed by atoms with van der Waals surface area (Å²) >= 11 is 7.34. The van der Waals surface area contributed by atoms with Crippen molar-refractivity contribution in [2.75, 3.05) is 5.32 Å². The molecule has 1 amide bonds. The zero-order valence-corrected chi connectivity index (χ0v) is 16.1. The lowest BCUT2D eigenvalue weighted by atomic mass is 10.2. The second-order valence-electron chi connectivity index (χ2n) is 6.05. The molecule has 0 fully saturated rings. The predicted octanol–water partition coefficient (Wildman–Crippen LogP) is 5.10. The molecule has 28 heavy (non-hydrogen) atoms. The molecular formula is C19H14ClFN4O2S. The minimum absolute atomic E-state index is 0.136. The maximum absolute atomic E-state index is 13.0. The number of hydrogen-bond donors (Lipinski definition) is 1. The lowest BCUT2D eigenvalue weighted by Gasteiger charge is -1.99. The predicted molar refractivity (Wildman–Crippen MR) is 106 cm³/mol. The first-order valence-electron chi connectivity index (χ1n) is 8.51. The minimum atomic E-state index is -0.324. The molecule has 0 aliphatic rings. The SMILES string of the molecule is O=C(CCCc1nc(-c2ccc(F)cc2)no1)Nc1nc2ccc(Cl)cc2s1. The van der Waals surface area contributed by atoms with E-state index in [9.17, 15) is 9.18 Å². The van der Waals surface area contributed by atoms with Gasteiger partial charge in [0.2, 0.25) is 17.6 Å². The monoisotopic (exact) mass is 416 g/mol. The van der Waals surface area contributed by atoms with Crippen molar-refractivity contribution in [1.82, 2.24) is 15.1 Å². The molecule has 0 aliphatic carbocycles. The van der Waals surface area contributed by atoms with Crippen molar-refractivity contribution in [3.05, 3.63) is 59.2 Å². The molecule has 2 aromatic carbocycles. The maximum atomic E-state index is 13.0. The van der Waals surface area contributed by atoms with Crippen molar-refractivity contribution in [3.8, 4) is 11.4 Å². The highest BCUT2D eigenvalue weighted by Gasteiger charge is 2.11. The summed E-state index contributed by atoms with van der Waals surface area (Å²) in [5.41, 5.74) is 1.47. The van der Waals surface area contributed by atoms with Crippen LogP contribution in [0, 0.1) is 5.82 Å². The second kappa shape index (κ2) is 8.04. The zero-order chi connectivity index (χ0) is 19.5. The smallest absolute Gasteiger partial charge is 0.226 e. The van der Waals surface area contributed by atoms with Crippen molar-refractivity contribution in [2.24, 2.45) is 0 Å². The van der Waals surface area contributed by atoms with E-state index >= 15 is 0 Å². The van der Waals surface area contributed by atoms with Crippen LogP contribution in [-0.2, 0) is 11.2 Å². The average molecular weight is 417 g/mol. The van der Waals surface area contributed by atoms with Crippen molar-refractivity contribution < 1.29 is 13.7 Å². The molecule has 9 heteroatoms. The van der Waals surface area contributed by atoms with Gasteiger partial charge in [0.1, 0.15) is 5.82 Å². The van der Waals surface area contributed by atoms with Gasteiger partial charge in [-0.05, 0) is 48.9 Å². The first kappa shape index (κ1) is 18.5. The summed E-state index contributed by atoms with van der Waals surface area (Å²) in [7, 11) is 0. The fourth-order valence-corrected chi connectivity index (χ4v) is 3.76. The molecule has 0 unspecified atom stereocenters. The number of aryl methyl sites for hydroxylation is 1. The number of thiazole rings is 1. The number of nitrogens with one attached hydrogen (secondary N) is 1. The van der Waals surface area contributed by atoms with Gasteiger partial charge < -0.3 is 9.84 Å². The Hall–Kier alpha value is -2.84. The van der Waals surface area contributed by atoms with E-state index in [2.05, 4.69) is 20.4 Å². The first-order valence-corrected chi connectivity index (χ1v) is 9.71. The van der Waals surface area contributed by atoms with Crippen LogP contribution in [0.4, 0.5) is 9.52 Å². The van der Waals surface area contributed by atoms with Gasteiger partial charge in [-0.25, -0.2) is 9.37 Å². The molecule has 2 aromatic heterocycles. The van der Waals surface area contributed by atoms with Gasteiger partial charge in [-0.3, -0.25) is 4.79 Å². The van der Waals surface area contributed by atoms with E-state index in [1.165, 1.54) is 23.5 Å². The van der Waals surface area contributed by atoms with Gasteiger partial charge in [0.25, 0.3) is 0 Å². The van der Waals surface area contributed by atoms with Crippen molar-refractivity contribution in [2.45, 2.75) is 19.3 Å². The van der Waals surface area contributed by atoms with Crippen molar-refractivity contribution >= 4 is 44.2 Å². The topological polar surface area (TPSA) is 80.9 Å². The fraction of sp³-hybridized carbons (Fsp3) is 0.158. The van der Waals surface area contributed by atoms with E-state index in [4.69, 9.17) is 16.1 Å². The Kier molecular flexibility index (Phi) is 5.31. The quantitative estimate of drug-likeness (QED) is 0.473. The summed E-state index contributed by atoms with van der Waals surface area (Å²) in [6.07, 6.45) is 1.32. The van der Waals surface area contributed by atoms with E-state index in [-0.39, 0.29) is 11.7 Å². The second-order valence-corrected chi connectivity index (χ2v) is 7.52. The number of hydrogen-bond acceptors (Lipinski definition) is 6. The standard InChI is InChI=1S/C19H14ClFN4O2S/c20-12-6-9-14-15(10-12)28-19(22-14)23-16(26)2-1-3-17-24-18(25-27-17)11-4-7-13(21)8-5-11/h4-10H,1-3H2,(H,22,23,26). The molecular weight excluding hydrogens is 403 g/mol. The molecule has 0 spiro atoms. The molecule has 0 atom stereocenters. The molecule has 0 saturated carbocycles. The molecule has 4 rings (SSSR count). The number of carbonyl (C=O) groups excluding carboxylic acids is 1. The number of benzene rings is 2. The summed E-state index contributed by atoms with van der Waals surface area (Å²) in [4.78, 5) is 20.8. The van der Waals surface area contributed by atoms with Crippen LogP contribution < -0.4 is 5.32 Å². The molecule has 6 nitrogen and oxygen atoms in total. The molecule has 4 aromatic rings. The molecule has 0 bridgehead atoms. The largest absolute Gasteiger partial charge is 0.339 e. The van der Waals surface area contributed by atoms with E-state index in [0.29, 0.717) is 46.7 Å². The Morgan fingerprint density at radius 3 is 2.82 bits per heavy atom. The van der Waals surface area contributed by atoms with Gasteiger partial charge in [-0.15, -0.1) is 0 Å². The van der Waals surface area contributed by atoms with Gasteiger partial charge >= 0.3 is 0 Å². The van der Waals surface area contributed by atoms with E-state index in [0.717, 1.165) is 10.2 Å². The number of carbonyl (C=O) groups is 1. The van der Waals surface area contributed by atoms with Crippen LogP contribution in [0.1, 0.15) is 18.7 Å². The highest BCUT2D eigenvalue weighted by atomic mass is 35.5. The van der Waals surface area contributed by atoms with Gasteiger partial charge in [0.15, 0.2) is 5.13 Å². The number of rotatable bonds is 6. The summed E-state index contributed by atoms with van der Waals surface area (Å²) in [6, 6.07) is 11.2. The van der Waals surface area contributed by atoms with Crippen LogP contribution in [0.15, 0.2) is 47.0 Å². The Balaban J connectivity index is 1.29. The maximum Gasteiger partial charge on any atom is 0.226 e.